The van der Waals surface area contributed by atoms with Crippen LogP contribution in [0.5, 0.6) is 0 Å². The van der Waals surface area contributed by atoms with Gasteiger partial charge in [-0.15, -0.1) is 0 Å². The van der Waals surface area contributed by atoms with Crippen LogP contribution < -0.4 is 11.0 Å². The van der Waals surface area contributed by atoms with E-state index < -0.39 is 0 Å². The van der Waals surface area contributed by atoms with E-state index in [1.165, 1.54) is 12.1 Å². The van der Waals surface area contributed by atoms with Crippen LogP contribution in [-0.4, -0.2) is 38.9 Å². The molecule has 8 heteroatoms. The third-order valence-corrected chi connectivity index (χ3v) is 5.81. The Labute approximate surface area is 178 Å². The normalized spacial score (nSPS) is 16.3. The van der Waals surface area contributed by atoms with Gasteiger partial charge in [0.1, 0.15) is 5.82 Å². The molecule has 2 N–H and O–H groups in total. The molecule has 0 aliphatic carbocycles. The molecule has 1 atom stereocenters. The van der Waals surface area contributed by atoms with E-state index in [4.69, 9.17) is 9.72 Å². The van der Waals surface area contributed by atoms with Gasteiger partial charge in [0.25, 0.3) is 0 Å². The number of aromatic amines is 1. The Balaban J connectivity index is 1.66. The van der Waals surface area contributed by atoms with Crippen LogP contribution >= 0.6 is 0 Å². The molecule has 5 rings (SSSR count). The maximum atomic E-state index is 13.5. The lowest BCUT2D eigenvalue weighted by atomic mass is 10.0. The second-order valence-corrected chi connectivity index (χ2v) is 7.78. The molecule has 0 spiro atoms. The van der Waals surface area contributed by atoms with Crippen molar-refractivity contribution in [3.05, 3.63) is 58.8 Å². The molecule has 1 fully saturated rings. The molecule has 0 saturated carbocycles. The zero-order chi connectivity index (χ0) is 21.5. The van der Waals surface area contributed by atoms with Crippen LogP contribution in [0.2, 0.25) is 0 Å². The summed E-state index contributed by atoms with van der Waals surface area (Å²) >= 11 is 0. The van der Waals surface area contributed by atoms with Crippen LogP contribution in [-0.2, 0) is 11.8 Å². The van der Waals surface area contributed by atoms with Crippen molar-refractivity contribution >= 4 is 17.0 Å². The van der Waals surface area contributed by atoms with Crippen molar-refractivity contribution in [3.8, 4) is 22.5 Å². The summed E-state index contributed by atoms with van der Waals surface area (Å²) in [6.07, 6.45) is 0.834. The molecule has 1 saturated heterocycles. The van der Waals surface area contributed by atoms with Gasteiger partial charge in [0.15, 0.2) is 0 Å². The molecule has 7 nitrogen and oxygen atoms in total. The zero-order valence-corrected chi connectivity index (χ0v) is 17.5. The van der Waals surface area contributed by atoms with E-state index in [2.05, 4.69) is 10.3 Å². The topological polar surface area (TPSA) is 76.9 Å². The quantitative estimate of drug-likeness (QED) is 0.512. The SMILES string of the molecule is CCNc1nc(-c2ccc3c(c2)n(C)c(=O)n3C2CCOC2)c(-c2ccc(F)cc2)[nH]1. The Bertz CT molecular complexity index is 1300. The number of aryl methyl sites for hydroxylation is 1. The number of ether oxygens (including phenoxy) is 1. The fourth-order valence-electron chi connectivity index (χ4n) is 4.25. The lowest BCUT2D eigenvalue weighted by molar-refractivity contribution is 0.186. The predicted octanol–water partition coefficient (Wildman–Crippen LogP) is 3.93. The smallest absolute Gasteiger partial charge is 0.329 e. The fraction of sp³-hybridized carbons (Fsp3) is 0.304. The molecule has 1 aliphatic rings. The second-order valence-electron chi connectivity index (χ2n) is 7.78. The number of hydrogen-bond donors (Lipinski definition) is 2. The number of imidazole rings is 2. The van der Waals surface area contributed by atoms with Crippen LogP contribution in [0, 0.1) is 5.82 Å². The van der Waals surface area contributed by atoms with E-state index in [-0.39, 0.29) is 17.5 Å². The number of halogens is 1. The van der Waals surface area contributed by atoms with Crippen molar-refractivity contribution in [2.24, 2.45) is 7.05 Å². The maximum Gasteiger partial charge on any atom is 0.329 e. The van der Waals surface area contributed by atoms with E-state index in [9.17, 15) is 9.18 Å². The van der Waals surface area contributed by atoms with Gasteiger partial charge in [-0.25, -0.2) is 14.2 Å². The summed E-state index contributed by atoms with van der Waals surface area (Å²) in [7, 11) is 1.79. The second kappa shape index (κ2) is 7.70. The van der Waals surface area contributed by atoms with E-state index in [0.717, 1.165) is 46.5 Å². The molecule has 3 heterocycles. The Kier molecular flexibility index (Phi) is 4.86. The Morgan fingerprint density at radius 3 is 2.68 bits per heavy atom. The molecule has 2 aromatic heterocycles. The number of hydrogen-bond acceptors (Lipinski definition) is 4. The van der Waals surface area contributed by atoms with Crippen LogP contribution in [0.1, 0.15) is 19.4 Å². The van der Waals surface area contributed by atoms with Gasteiger partial charge in [-0.05, 0) is 49.7 Å². The number of nitrogens with one attached hydrogen (secondary N) is 2. The van der Waals surface area contributed by atoms with Gasteiger partial charge in [-0.2, -0.15) is 0 Å². The third-order valence-electron chi connectivity index (χ3n) is 5.81. The van der Waals surface area contributed by atoms with Gasteiger partial charge >= 0.3 is 5.69 Å². The summed E-state index contributed by atoms with van der Waals surface area (Å²) in [4.78, 5) is 21.0. The minimum absolute atomic E-state index is 0.0447. The van der Waals surface area contributed by atoms with Crippen molar-refractivity contribution in [3.63, 3.8) is 0 Å². The molecular formula is C23H24FN5O2. The molecule has 0 radical (unpaired) electrons. The molecule has 160 valence electrons. The van der Waals surface area contributed by atoms with Crippen molar-refractivity contribution in [2.45, 2.75) is 19.4 Å². The standard InChI is InChI=1S/C23H24FN5O2/c1-3-25-22-26-20(14-4-7-16(24)8-5-14)21(27-22)15-6-9-18-19(12-15)28(2)23(30)29(18)17-10-11-31-13-17/h4-9,12,17H,3,10-11,13H2,1-2H3,(H2,25,26,27). The number of fused-ring (bicyclic) bond motifs is 1. The minimum Gasteiger partial charge on any atom is -0.379 e. The summed E-state index contributed by atoms with van der Waals surface area (Å²) in [5.41, 5.74) is 4.94. The molecule has 0 bridgehead atoms. The van der Waals surface area contributed by atoms with Gasteiger partial charge in [-0.3, -0.25) is 9.13 Å². The summed E-state index contributed by atoms with van der Waals surface area (Å²) in [5.74, 6) is 0.358. The average molecular weight is 421 g/mol. The highest BCUT2D eigenvalue weighted by atomic mass is 19.1. The highest BCUT2D eigenvalue weighted by molar-refractivity contribution is 5.87. The summed E-state index contributed by atoms with van der Waals surface area (Å²) in [5, 5.41) is 3.20. The number of nitrogens with zero attached hydrogens (tertiary/aromatic N) is 3. The lowest BCUT2D eigenvalue weighted by Gasteiger charge is -2.10. The summed E-state index contributed by atoms with van der Waals surface area (Å²) in [6, 6.07) is 12.3. The first-order valence-corrected chi connectivity index (χ1v) is 10.5. The van der Waals surface area contributed by atoms with Crippen molar-refractivity contribution in [1.82, 2.24) is 19.1 Å². The molecular weight excluding hydrogens is 397 g/mol. The first-order chi connectivity index (χ1) is 15.1. The zero-order valence-electron chi connectivity index (χ0n) is 17.5. The molecule has 1 unspecified atom stereocenters. The van der Waals surface area contributed by atoms with Gasteiger partial charge in [0.2, 0.25) is 5.95 Å². The maximum absolute atomic E-state index is 13.5. The summed E-state index contributed by atoms with van der Waals surface area (Å²) < 4.78 is 22.5. The first kappa shape index (κ1) is 19.6. The van der Waals surface area contributed by atoms with Crippen molar-refractivity contribution in [1.29, 1.82) is 0 Å². The van der Waals surface area contributed by atoms with E-state index in [1.54, 1.807) is 23.7 Å². The van der Waals surface area contributed by atoms with Gasteiger partial charge in [0, 0.05) is 31.3 Å². The van der Waals surface area contributed by atoms with Crippen LogP contribution in [0.15, 0.2) is 47.3 Å². The molecule has 2 aromatic carbocycles. The molecule has 1 aliphatic heterocycles. The largest absolute Gasteiger partial charge is 0.379 e. The van der Waals surface area contributed by atoms with Crippen LogP contribution in [0.4, 0.5) is 10.3 Å². The highest BCUT2D eigenvalue weighted by Crippen LogP contribution is 2.34. The van der Waals surface area contributed by atoms with Gasteiger partial charge in [-0.1, -0.05) is 6.07 Å². The molecule has 0 amide bonds. The Hall–Kier alpha value is -3.39. The number of benzene rings is 2. The predicted molar refractivity (Wildman–Crippen MR) is 119 cm³/mol. The molecule has 4 aromatic rings. The van der Waals surface area contributed by atoms with Gasteiger partial charge in [0.05, 0.1) is 35.1 Å². The van der Waals surface area contributed by atoms with Crippen LogP contribution in [0.3, 0.4) is 0 Å². The van der Waals surface area contributed by atoms with E-state index in [0.29, 0.717) is 19.2 Å². The monoisotopic (exact) mass is 421 g/mol. The Morgan fingerprint density at radius 2 is 1.97 bits per heavy atom. The third kappa shape index (κ3) is 3.33. The number of H-pyrrole nitrogens is 1. The Morgan fingerprint density at radius 1 is 1.19 bits per heavy atom. The highest BCUT2D eigenvalue weighted by Gasteiger charge is 2.24. The lowest BCUT2D eigenvalue weighted by Crippen LogP contribution is -2.26. The number of anilines is 1. The van der Waals surface area contributed by atoms with E-state index in [1.807, 2.05) is 29.7 Å². The average Bonchev–Trinajstić information content (AvgIpc) is 3.49. The summed E-state index contributed by atoms with van der Waals surface area (Å²) in [6.45, 7) is 3.95. The van der Waals surface area contributed by atoms with Crippen molar-refractivity contribution < 1.29 is 9.13 Å². The minimum atomic E-state index is -0.287. The van der Waals surface area contributed by atoms with Gasteiger partial charge < -0.3 is 15.0 Å². The van der Waals surface area contributed by atoms with Crippen LogP contribution in [0.25, 0.3) is 33.5 Å². The number of rotatable bonds is 5. The first-order valence-electron chi connectivity index (χ1n) is 10.5. The van der Waals surface area contributed by atoms with Crippen molar-refractivity contribution in [2.75, 3.05) is 25.1 Å². The van der Waals surface area contributed by atoms with E-state index >= 15 is 0 Å². The fourth-order valence-corrected chi connectivity index (χ4v) is 4.25. The molecule has 31 heavy (non-hydrogen) atoms. The number of aromatic nitrogens is 4.